The SMILES string of the molecule is C=CCOC(=O)NCCc1cccc(Cl)c1. The molecular formula is C12H14ClNO2. The number of nitrogens with one attached hydrogen (secondary N) is 1. The second-order valence-corrected chi connectivity index (χ2v) is 3.63. The van der Waals surface area contributed by atoms with Crippen LogP contribution in [-0.4, -0.2) is 19.2 Å². The van der Waals surface area contributed by atoms with Crippen molar-refractivity contribution in [3.05, 3.63) is 47.5 Å². The van der Waals surface area contributed by atoms with Crippen molar-refractivity contribution < 1.29 is 9.53 Å². The molecule has 1 rings (SSSR count). The average molecular weight is 240 g/mol. The highest BCUT2D eigenvalue weighted by Crippen LogP contribution is 2.10. The number of halogens is 1. The fourth-order valence-corrected chi connectivity index (χ4v) is 1.40. The first-order valence-corrected chi connectivity index (χ1v) is 5.36. The topological polar surface area (TPSA) is 38.3 Å². The molecule has 1 amide bonds. The highest BCUT2D eigenvalue weighted by molar-refractivity contribution is 6.30. The number of hydrogen-bond acceptors (Lipinski definition) is 2. The summed E-state index contributed by atoms with van der Waals surface area (Å²) in [5.74, 6) is 0. The van der Waals surface area contributed by atoms with Crippen LogP contribution in [0.1, 0.15) is 5.56 Å². The highest BCUT2D eigenvalue weighted by Gasteiger charge is 1.99. The molecule has 0 saturated carbocycles. The van der Waals surface area contributed by atoms with Gasteiger partial charge >= 0.3 is 6.09 Å². The van der Waals surface area contributed by atoms with Crippen LogP contribution in [0.2, 0.25) is 5.02 Å². The maximum Gasteiger partial charge on any atom is 0.407 e. The first kappa shape index (κ1) is 12.6. The number of amides is 1. The van der Waals surface area contributed by atoms with Gasteiger partial charge in [-0.2, -0.15) is 0 Å². The molecule has 1 N–H and O–H groups in total. The smallest absolute Gasteiger partial charge is 0.407 e. The Morgan fingerprint density at radius 3 is 3.06 bits per heavy atom. The van der Waals surface area contributed by atoms with E-state index in [1.807, 2.05) is 24.3 Å². The molecule has 0 fully saturated rings. The van der Waals surface area contributed by atoms with Crippen LogP contribution in [0.5, 0.6) is 0 Å². The summed E-state index contributed by atoms with van der Waals surface area (Å²) in [6, 6.07) is 7.53. The van der Waals surface area contributed by atoms with E-state index in [4.69, 9.17) is 16.3 Å². The lowest BCUT2D eigenvalue weighted by Gasteiger charge is -2.05. The molecule has 0 atom stereocenters. The molecule has 1 aromatic rings. The zero-order chi connectivity index (χ0) is 11.8. The van der Waals surface area contributed by atoms with Crippen molar-refractivity contribution in [3.63, 3.8) is 0 Å². The molecule has 0 spiro atoms. The quantitative estimate of drug-likeness (QED) is 0.803. The normalized spacial score (nSPS) is 9.56. The van der Waals surface area contributed by atoms with Crippen LogP contribution in [0.25, 0.3) is 0 Å². The molecule has 0 unspecified atom stereocenters. The molecule has 0 heterocycles. The number of ether oxygens (including phenoxy) is 1. The molecule has 0 aliphatic carbocycles. The van der Waals surface area contributed by atoms with Gasteiger partial charge in [-0.05, 0) is 24.1 Å². The van der Waals surface area contributed by atoms with Gasteiger partial charge in [0, 0.05) is 11.6 Å². The molecule has 1 aromatic carbocycles. The summed E-state index contributed by atoms with van der Waals surface area (Å²) in [7, 11) is 0. The summed E-state index contributed by atoms with van der Waals surface area (Å²) < 4.78 is 4.76. The van der Waals surface area contributed by atoms with Gasteiger partial charge in [0.1, 0.15) is 6.61 Å². The van der Waals surface area contributed by atoms with E-state index in [9.17, 15) is 4.79 Å². The summed E-state index contributed by atoms with van der Waals surface area (Å²) in [6.45, 7) is 4.20. The number of carbonyl (C=O) groups is 1. The maximum atomic E-state index is 11.1. The van der Waals surface area contributed by atoms with Crippen LogP contribution in [0, 0.1) is 0 Å². The number of benzene rings is 1. The van der Waals surface area contributed by atoms with Gasteiger partial charge in [0.05, 0.1) is 0 Å². The van der Waals surface area contributed by atoms with Crippen molar-refractivity contribution >= 4 is 17.7 Å². The van der Waals surface area contributed by atoms with E-state index in [1.54, 1.807) is 0 Å². The van der Waals surface area contributed by atoms with E-state index >= 15 is 0 Å². The van der Waals surface area contributed by atoms with Crippen LogP contribution >= 0.6 is 11.6 Å². The van der Waals surface area contributed by atoms with Crippen molar-refractivity contribution in [3.8, 4) is 0 Å². The summed E-state index contributed by atoms with van der Waals surface area (Å²) in [6.07, 6.45) is 1.82. The Morgan fingerprint density at radius 2 is 2.38 bits per heavy atom. The lowest BCUT2D eigenvalue weighted by molar-refractivity contribution is 0.158. The van der Waals surface area contributed by atoms with Crippen molar-refractivity contribution in [2.45, 2.75) is 6.42 Å². The number of alkyl carbamates (subject to hydrolysis) is 1. The minimum absolute atomic E-state index is 0.225. The minimum atomic E-state index is -0.429. The van der Waals surface area contributed by atoms with Gasteiger partial charge in [0.2, 0.25) is 0 Å². The van der Waals surface area contributed by atoms with Crippen molar-refractivity contribution in [2.75, 3.05) is 13.2 Å². The summed E-state index contributed by atoms with van der Waals surface area (Å²) in [4.78, 5) is 11.1. The van der Waals surface area contributed by atoms with E-state index in [-0.39, 0.29) is 6.61 Å². The largest absolute Gasteiger partial charge is 0.445 e. The predicted molar refractivity (Wildman–Crippen MR) is 64.7 cm³/mol. The monoisotopic (exact) mass is 239 g/mol. The van der Waals surface area contributed by atoms with E-state index in [1.165, 1.54) is 6.08 Å². The van der Waals surface area contributed by atoms with Crippen molar-refractivity contribution in [2.24, 2.45) is 0 Å². The van der Waals surface area contributed by atoms with Gasteiger partial charge in [-0.3, -0.25) is 0 Å². The average Bonchev–Trinajstić information content (AvgIpc) is 2.26. The summed E-state index contributed by atoms with van der Waals surface area (Å²) >= 11 is 5.83. The van der Waals surface area contributed by atoms with E-state index < -0.39 is 6.09 Å². The molecule has 86 valence electrons. The predicted octanol–water partition coefficient (Wildman–Crippen LogP) is 2.79. The molecule has 16 heavy (non-hydrogen) atoms. The Labute approximate surface area is 100 Å². The third kappa shape index (κ3) is 4.84. The number of carbonyl (C=O) groups excluding carboxylic acids is 1. The Hall–Kier alpha value is -1.48. The summed E-state index contributed by atoms with van der Waals surface area (Å²) in [5.41, 5.74) is 1.08. The van der Waals surface area contributed by atoms with Gasteiger partial charge in [-0.15, -0.1) is 0 Å². The third-order valence-electron chi connectivity index (χ3n) is 1.90. The van der Waals surface area contributed by atoms with Crippen LogP contribution in [0.3, 0.4) is 0 Å². The molecule has 0 radical (unpaired) electrons. The van der Waals surface area contributed by atoms with Gasteiger partial charge < -0.3 is 10.1 Å². The number of hydrogen-bond donors (Lipinski definition) is 1. The molecule has 0 aromatic heterocycles. The van der Waals surface area contributed by atoms with Crippen LogP contribution in [0.15, 0.2) is 36.9 Å². The molecule has 0 saturated heterocycles. The Kier molecular flexibility index (Phi) is 5.43. The van der Waals surface area contributed by atoms with Crippen LogP contribution < -0.4 is 5.32 Å². The fraction of sp³-hybridized carbons (Fsp3) is 0.250. The third-order valence-corrected chi connectivity index (χ3v) is 2.14. The molecular weight excluding hydrogens is 226 g/mol. The zero-order valence-electron chi connectivity index (χ0n) is 8.91. The lowest BCUT2D eigenvalue weighted by Crippen LogP contribution is -2.26. The Morgan fingerprint density at radius 1 is 1.56 bits per heavy atom. The van der Waals surface area contributed by atoms with Gasteiger partial charge in [-0.25, -0.2) is 4.79 Å². The highest BCUT2D eigenvalue weighted by atomic mass is 35.5. The molecule has 0 aliphatic rings. The standard InChI is InChI=1S/C12H14ClNO2/c1-2-8-16-12(15)14-7-6-10-4-3-5-11(13)9-10/h2-5,9H,1,6-8H2,(H,14,15). The van der Waals surface area contributed by atoms with E-state index in [0.29, 0.717) is 11.6 Å². The first-order chi connectivity index (χ1) is 7.72. The van der Waals surface area contributed by atoms with Crippen LogP contribution in [-0.2, 0) is 11.2 Å². The molecule has 0 bridgehead atoms. The zero-order valence-corrected chi connectivity index (χ0v) is 9.67. The molecule has 0 aliphatic heterocycles. The van der Waals surface area contributed by atoms with Gasteiger partial charge in [-0.1, -0.05) is 36.4 Å². The van der Waals surface area contributed by atoms with Crippen LogP contribution in [0.4, 0.5) is 4.79 Å². The van der Waals surface area contributed by atoms with Gasteiger partial charge in [0.25, 0.3) is 0 Å². The maximum absolute atomic E-state index is 11.1. The van der Waals surface area contributed by atoms with E-state index in [0.717, 1.165) is 12.0 Å². The second-order valence-electron chi connectivity index (χ2n) is 3.19. The Bertz CT molecular complexity index is 366. The summed E-state index contributed by atoms with van der Waals surface area (Å²) in [5, 5.41) is 3.33. The van der Waals surface area contributed by atoms with E-state index in [2.05, 4.69) is 11.9 Å². The fourth-order valence-electron chi connectivity index (χ4n) is 1.19. The second kappa shape index (κ2) is 6.90. The van der Waals surface area contributed by atoms with Crippen molar-refractivity contribution in [1.82, 2.24) is 5.32 Å². The van der Waals surface area contributed by atoms with Crippen molar-refractivity contribution in [1.29, 1.82) is 0 Å². The molecule has 4 heteroatoms. The molecule has 3 nitrogen and oxygen atoms in total. The lowest BCUT2D eigenvalue weighted by atomic mass is 10.1. The Balaban J connectivity index is 2.25. The van der Waals surface area contributed by atoms with Gasteiger partial charge in [0.15, 0.2) is 0 Å². The number of rotatable bonds is 5. The minimum Gasteiger partial charge on any atom is -0.445 e. The first-order valence-electron chi connectivity index (χ1n) is 4.98.